The van der Waals surface area contributed by atoms with E-state index in [0.717, 1.165) is 11.1 Å². The summed E-state index contributed by atoms with van der Waals surface area (Å²) in [5.41, 5.74) is 2.44. The van der Waals surface area contributed by atoms with Crippen LogP contribution in [0.5, 0.6) is 11.5 Å². The second-order valence-corrected chi connectivity index (χ2v) is 6.98. The minimum atomic E-state index is -0.419. The third-order valence-electron chi connectivity index (χ3n) is 4.04. The zero-order valence-electron chi connectivity index (χ0n) is 17.7. The van der Waals surface area contributed by atoms with E-state index in [0.29, 0.717) is 23.7 Å². The molecule has 0 N–H and O–H groups in total. The molecular formula is C24H28O6. The number of esters is 2. The summed E-state index contributed by atoms with van der Waals surface area (Å²) in [7, 11) is 0. The van der Waals surface area contributed by atoms with Crippen LogP contribution in [0, 0.1) is 5.92 Å². The first-order chi connectivity index (χ1) is 14.4. The van der Waals surface area contributed by atoms with Gasteiger partial charge in [-0.05, 0) is 42.3 Å². The Labute approximate surface area is 177 Å². The van der Waals surface area contributed by atoms with Gasteiger partial charge >= 0.3 is 11.9 Å². The third-order valence-corrected chi connectivity index (χ3v) is 4.04. The van der Waals surface area contributed by atoms with Gasteiger partial charge in [-0.1, -0.05) is 44.7 Å². The molecule has 0 radical (unpaired) electrons. The van der Waals surface area contributed by atoms with Crippen LogP contribution in [0.2, 0.25) is 0 Å². The summed E-state index contributed by atoms with van der Waals surface area (Å²) < 4.78 is 21.2. The topological polar surface area (TPSA) is 71.1 Å². The molecule has 0 saturated carbocycles. The van der Waals surface area contributed by atoms with Crippen LogP contribution < -0.4 is 9.47 Å². The van der Waals surface area contributed by atoms with E-state index in [1.165, 1.54) is 0 Å². The average molecular weight is 412 g/mol. The zero-order valence-corrected chi connectivity index (χ0v) is 17.7. The first-order valence-electron chi connectivity index (χ1n) is 9.82. The number of carbonyl (C=O) groups excluding carboxylic acids is 2. The van der Waals surface area contributed by atoms with Crippen LogP contribution in [0.4, 0.5) is 0 Å². The van der Waals surface area contributed by atoms with Crippen molar-refractivity contribution in [3.8, 4) is 22.6 Å². The van der Waals surface area contributed by atoms with Gasteiger partial charge in [0.25, 0.3) is 0 Å². The molecule has 2 aromatic rings. The molecule has 0 bridgehead atoms. The predicted octanol–water partition coefficient (Wildman–Crippen LogP) is 4.43. The van der Waals surface area contributed by atoms with Gasteiger partial charge in [-0.3, -0.25) is 4.79 Å². The highest BCUT2D eigenvalue weighted by atomic mass is 16.6. The van der Waals surface area contributed by atoms with E-state index in [-0.39, 0.29) is 31.7 Å². The molecule has 0 heterocycles. The lowest BCUT2D eigenvalue weighted by Crippen LogP contribution is -2.16. The zero-order chi connectivity index (χ0) is 21.9. The summed E-state index contributed by atoms with van der Waals surface area (Å²) in [4.78, 5) is 22.7. The van der Waals surface area contributed by atoms with Gasteiger partial charge in [-0.2, -0.15) is 0 Å². The van der Waals surface area contributed by atoms with Crippen LogP contribution in [0.3, 0.4) is 0 Å². The van der Waals surface area contributed by atoms with Gasteiger partial charge in [0.15, 0.2) is 0 Å². The van der Waals surface area contributed by atoms with E-state index in [1.807, 2.05) is 48.5 Å². The van der Waals surface area contributed by atoms with Crippen molar-refractivity contribution in [2.75, 3.05) is 26.4 Å². The molecule has 0 aliphatic rings. The Morgan fingerprint density at radius 1 is 0.767 bits per heavy atom. The van der Waals surface area contributed by atoms with Crippen LogP contribution in [-0.4, -0.2) is 38.4 Å². The lowest BCUT2D eigenvalue weighted by Gasteiger charge is -2.10. The second-order valence-electron chi connectivity index (χ2n) is 6.98. The van der Waals surface area contributed by atoms with Crippen molar-refractivity contribution in [3.63, 3.8) is 0 Å². The molecule has 0 aliphatic carbocycles. The van der Waals surface area contributed by atoms with E-state index in [1.54, 1.807) is 20.8 Å². The minimum Gasteiger partial charge on any atom is -0.490 e. The maximum atomic E-state index is 11.4. The second kappa shape index (κ2) is 11.7. The highest BCUT2D eigenvalue weighted by Gasteiger charge is 2.08. The quantitative estimate of drug-likeness (QED) is 0.309. The maximum absolute atomic E-state index is 11.4. The number of carbonyl (C=O) groups is 2. The number of rotatable bonds is 11. The Hall–Kier alpha value is -3.28. The lowest BCUT2D eigenvalue weighted by atomic mass is 10.1. The Balaban J connectivity index is 1.77. The molecule has 6 nitrogen and oxygen atoms in total. The number of ether oxygens (including phenoxy) is 4. The summed E-state index contributed by atoms with van der Waals surface area (Å²) in [6.45, 7) is 9.70. The van der Waals surface area contributed by atoms with Crippen molar-refractivity contribution in [2.24, 2.45) is 5.92 Å². The third kappa shape index (κ3) is 7.62. The molecule has 0 atom stereocenters. The van der Waals surface area contributed by atoms with E-state index in [9.17, 15) is 9.59 Å². The van der Waals surface area contributed by atoms with E-state index in [2.05, 4.69) is 6.58 Å². The van der Waals surface area contributed by atoms with Gasteiger partial charge in [0.2, 0.25) is 0 Å². The summed E-state index contributed by atoms with van der Waals surface area (Å²) >= 11 is 0. The molecule has 2 aromatic carbocycles. The van der Waals surface area contributed by atoms with Gasteiger partial charge in [-0.15, -0.1) is 0 Å². The van der Waals surface area contributed by atoms with Crippen molar-refractivity contribution in [1.29, 1.82) is 0 Å². The van der Waals surface area contributed by atoms with Crippen molar-refractivity contribution in [1.82, 2.24) is 0 Å². The van der Waals surface area contributed by atoms with Crippen LogP contribution in [-0.2, 0) is 19.1 Å². The largest absolute Gasteiger partial charge is 0.490 e. The van der Waals surface area contributed by atoms with Gasteiger partial charge in [0.1, 0.15) is 37.9 Å². The molecule has 0 aromatic heterocycles. The van der Waals surface area contributed by atoms with Crippen molar-refractivity contribution in [2.45, 2.75) is 20.8 Å². The lowest BCUT2D eigenvalue weighted by molar-refractivity contribution is -0.148. The van der Waals surface area contributed by atoms with Gasteiger partial charge in [0.05, 0.1) is 5.92 Å². The molecule has 0 aliphatic heterocycles. The molecule has 0 saturated heterocycles. The minimum absolute atomic E-state index is 0.139. The Kier molecular flexibility index (Phi) is 8.94. The van der Waals surface area contributed by atoms with Gasteiger partial charge in [-0.25, -0.2) is 4.79 Å². The Morgan fingerprint density at radius 3 is 1.60 bits per heavy atom. The monoisotopic (exact) mass is 412 g/mol. The molecule has 30 heavy (non-hydrogen) atoms. The highest BCUT2D eigenvalue weighted by Crippen LogP contribution is 2.24. The molecule has 0 amide bonds. The van der Waals surface area contributed by atoms with Gasteiger partial charge in [0, 0.05) is 5.57 Å². The van der Waals surface area contributed by atoms with E-state index >= 15 is 0 Å². The predicted molar refractivity (Wildman–Crippen MR) is 114 cm³/mol. The Morgan fingerprint density at radius 2 is 1.20 bits per heavy atom. The summed E-state index contributed by atoms with van der Waals surface area (Å²) in [5.74, 6) is 0.622. The van der Waals surface area contributed by atoms with E-state index in [4.69, 9.17) is 18.9 Å². The molecule has 0 unspecified atom stereocenters. The SMILES string of the molecule is C=C(C)C(=O)OCCOc1ccc(-c2ccc(OCCOC(=O)C(C)C)cc2)cc1. The summed E-state index contributed by atoms with van der Waals surface area (Å²) in [6.07, 6.45) is 0. The maximum Gasteiger partial charge on any atom is 0.333 e. The summed E-state index contributed by atoms with van der Waals surface area (Å²) in [5, 5.41) is 0. The standard InChI is InChI=1S/C24H28O6/c1-17(2)23(25)29-15-13-27-21-9-5-19(6-10-21)20-7-11-22(12-8-20)28-14-16-30-24(26)18(3)4/h5-12,18H,1,13-16H2,2-4H3. The number of hydrogen-bond donors (Lipinski definition) is 0. The average Bonchev–Trinajstić information content (AvgIpc) is 2.74. The van der Waals surface area contributed by atoms with Crippen molar-refractivity contribution in [3.05, 3.63) is 60.7 Å². The number of hydrogen-bond acceptors (Lipinski definition) is 6. The molecule has 2 rings (SSSR count). The first kappa shape index (κ1) is 23.0. The smallest absolute Gasteiger partial charge is 0.333 e. The molecule has 0 spiro atoms. The van der Waals surface area contributed by atoms with Crippen LogP contribution in [0.15, 0.2) is 60.7 Å². The molecule has 6 heteroatoms. The molecule has 0 fully saturated rings. The number of benzene rings is 2. The molecular weight excluding hydrogens is 384 g/mol. The Bertz CT molecular complexity index is 837. The van der Waals surface area contributed by atoms with E-state index < -0.39 is 5.97 Å². The van der Waals surface area contributed by atoms with Crippen molar-refractivity contribution < 1.29 is 28.5 Å². The fourth-order valence-corrected chi connectivity index (χ4v) is 2.37. The highest BCUT2D eigenvalue weighted by molar-refractivity contribution is 5.86. The van der Waals surface area contributed by atoms with Crippen LogP contribution >= 0.6 is 0 Å². The van der Waals surface area contributed by atoms with Crippen LogP contribution in [0.25, 0.3) is 11.1 Å². The normalized spacial score (nSPS) is 10.4. The van der Waals surface area contributed by atoms with Crippen LogP contribution in [0.1, 0.15) is 20.8 Å². The fourth-order valence-electron chi connectivity index (χ4n) is 2.37. The summed E-state index contributed by atoms with van der Waals surface area (Å²) in [6, 6.07) is 15.3. The first-order valence-corrected chi connectivity index (χ1v) is 9.82. The molecule has 160 valence electrons. The fraction of sp³-hybridized carbons (Fsp3) is 0.333. The van der Waals surface area contributed by atoms with Crippen molar-refractivity contribution >= 4 is 11.9 Å². The van der Waals surface area contributed by atoms with Gasteiger partial charge < -0.3 is 18.9 Å².